The molecule has 0 spiro atoms. The molecule has 2 aromatic rings. The van der Waals surface area contributed by atoms with Gasteiger partial charge < -0.3 is 0 Å². The molecule has 0 saturated carbocycles. The summed E-state index contributed by atoms with van der Waals surface area (Å²) in [6.45, 7) is 2.22. The first-order chi connectivity index (χ1) is 11.3. The quantitative estimate of drug-likeness (QED) is 0.814. The fraction of sp³-hybridized carbons (Fsp3) is 0.412. The number of sulfone groups is 1. The standard InChI is InChI=1S/C17H21NO4S2/c1-2-10-18(16-9-11-23(19,20)13-16)24(21,22)17-8-7-14-5-3-4-6-15(14)12-17/h3-8,12,16H,2,9-11,13H2,1H3/t16-/m0/s1. The molecule has 0 N–H and O–H groups in total. The van der Waals surface area contributed by atoms with Crippen molar-refractivity contribution in [1.29, 1.82) is 0 Å². The van der Waals surface area contributed by atoms with E-state index in [1.54, 1.807) is 18.2 Å². The fourth-order valence-corrected chi connectivity index (χ4v) is 6.79. The molecule has 2 aromatic carbocycles. The number of sulfonamides is 1. The lowest BCUT2D eigenvalue weighted by Gasteiger charge is -2.27. The monoisotopic (exact) mass is 367 g/mol. The molecule has 0 bridgehead atoms. The highest BCUT2D eigenvalue weighted by atomic mass is 32.2. The van der Waals surface area contributed by atoms with Crippen LogP contribution in [0.25, 0.3) is 10.8 Å². The molecule has 24 heavy (non-hydrogen) atoms. The molecule has 1 aliphatic heterocycles. The Labute approximate surface area is 143 Å². The summed E-state index contributed by atoms with van der Waals surface area (Å²) in [5.74, 6) is -0.0229. The van der Waals surface area contributed by atoms with E-state index in [0.29, 0.717) is 19.4 Å². The molecule has 130 valence electrons. The Morgan fingerprint density at radius 1 is 1.12 bits per heavy atom. The highest BCUT2D eigenvalue weighted by Crippen LogP contribution is 2.27. The Kier molecular flexibility index (Phi) is 4.68. The molecule has 3 rings (SSSR count). The van der Waals surface area contributed by atoms with Gasteiger partial charge in [0.25, 0.3) is 0 Å². The first kappa shape index (κ1) is 17.4. The van der Waals surface area contributed by atoms with Crippen molar-refractivity contribution in [1.82, 2.24) is 4.31 Å². The normalized spacial score (nSPS) is 20.7. The largest absolute Gasteiger partial charge is 0.243 e. The third kappa shape index (κ3) is 3.34. The average Bonchev–Trinajstić information content (AvgIpc) is 2.91. The molecule has 1 heterocycles. The zero-order valence-corrected chi connectivity index (χ0v) is 15.2. The molecule has 0 aliphatic carbocycles. The lowest BCUT2D eigenvalue weighted by Crippen LogP contribution is -2.41. The van der Waals surface area contributed by atoms with Crippen molar-refractivity contribution in [2.75, 3.05) is 18.1 Å². The van der Waals surface area contributed by atoms with E-state index in [4.69, 9.17) is 0 Å². The van der Waals surface area contributed by atoms with E-state index in [-0.39, 0.29) is 16.4 Å². The summed E-state index contributed by atoms with van der Waals surface area (Å²) in [7, 11) is -6.86. The van der Waals surface area contributed by atoms with Crippen LogP contribution in [0.1, 0.15) is 19.8 Å². The molecule has 1 saturated heterocycles. The molecular weight excluding hydrogens is 346 g/mol. The SMILES string of the molecule is CCCN([C@H]1CCS(=O)(=O)C1)S(=O)(=O)c1ccc2ccccc2c1. The molecule has 1 atom stereocenters. The van der Waals surface area contributed by atoms with Crippen molar-refractivity contribution < 1.29 is 16.8 Å². The summed E-state index contributed by atoms with van der Waals surface area (Å²) >= 11 is 0. The van der Waals surface area contributed by atoms with E-state index in [0.717, 1.165) is 10.8 Å². The van der Waals surface area contributed by atoms with Gasteiger partial charge in [0.05, 0.1) is 16.4 Å². The van der Waals surface area contributed by atoms with E-state index in [9.17, 15) is 16.8 Å². The van der Waals surface area contributed by atoms with Crippen LogP contribution in [0.2, 0.25) is 0 Å². The third-order valence-corrected chi connectivity index (χ3v) is 8.09. The topological polar surface area (TPSA) is 71.5 Å². The second-order valence-electron chi connectivity index (χ2n) is 6.18. The van der Waals surface area contributed by atoms with Crippen molar-refractivity contribution in [2.45, 2.75) is 30.7 Å². The van der Waals surface area contributed by atoms with Crippen LogP contribution >= 0.6 is 0 Å². The molecule has 1 fully saturated rings. The van der Waals surface area contributed by atoms with Crippen LogP contribution < -0.4 is 0 Å². The Morgan fingerprint density at radius 2 is 1.83 bits per heavy atom. The van der Waals surface area contributed by atoms with Crippen LogP contribution in [0.15, 0.2) is 47.4 Å². The fourth-order valence-electron chi connectivity index (χ4n) is 3.19. The summed E-state index contributed by atoms with van der Waals surface area (Å²) in [5, 5.41) is 1.83. The van der Waals surface area contributed by atoms with Crippen molar-refractivity contribution in [3.63, 3.8) is 0 Å². The summed E-state index contributed by atoms with van der Waals surface area (Å²) in [6, 6.07) is 12.2. The van der Waals surface area contributed by atoms with E-state index in [2.05, 4.69) is 0 Å². The Hall–Kier alpha value is -1.44. The van der Waals surface area contributed by atoms with Crippen LogP contribution in [0.5, 0.6) is 0 Å². The van der Waals surface area contributed by atoms with Gasteiger partial charge in [-0.2, -0.15) is 4.31 Å². The molecular formula is C17H21NO4S2. The minimum atomic E-state index is -3.72. The highest BCUT2D eigenvalue weighted by molar-refractivity contribution is 7.92. The van der Waals surface area contributed by atoms with E-state index in [1.165, 1.54) is 4.31 Å². The summed E-state index contributed by atoms with van der Waals surface area (Å²) in [5.41, 5.74) is 0. The smallest absolute Gasteiger partial charge is 0.229 e. The number of hydrogen-bond donors (Lipinski definition) is 0. The van der Waals surface area contributed by atoms with Gasteiger partial charge in [-0.25, -0.2) is 16.8 Å². The maximum absolute atomic E-state index is 13.1. The van der Waals surface area contributed by atoms with Crippen LogP contribution in [-0.4, -0.2) is 45.2 Å². The zero-order chi connectivity index (χ0) is 17.4. The predicted molar refractivity (Wildman–Crippen MR) is 95.2 cm³/mol. The van der Waals surface area contributed by atoms with Crippen LogP contribution in [-0.2, 0) is 19.9 Å². The minimum Gasteiger partial charge on any atom is -0.229 e. The highest BCUT2D eigenvalue weighted by Gasteiger charge is 2.38. The lowest BCUT2D eigenvalue weighted by molar-refractivity contribution is 0.340. The minimum absolute atomic E-state index is 0.0606. The summed E-state index contributed by atoms with van der Waals surface area (Å²) < 4.78 is 51.1. The van der Waals surface area contributed by atoms with Crippen molar-refractivity contribution in [3.05, 3.63) is 42.5 Å². The number of fused-ring (bicyclic) bond motifs is 1. The van der Waals surface area contributed by atoms with Crippen molar-refractivity contribution in [3.8, 4) is 0 Å². The Morgan fingerprint density at radius 3 is 2.46 bits per heavy atom. The number of hydrogen-bond acceptors (Lipinski definition) is 4. The zero-order valence-electron chi connectivity index (χ0n) is 13.6. The lowest BCUT2D eigenvalue weighted by atomic mass is 10.1. The summed E-state index contributed by atoms with van der Waals surface area (Å²) in [6.07, 6.45) is 1.01. The molecule has 0 unspecified atom stereocenters. The van der Waals surface area contributed by atoms with Gasteiger partial charge in [-0.15, -0.1) is 0 Å². The van der Waals surface area contributed by atoms with Gasteiger partial charge in [0.15, 0.2) is 9.84 Å². The van der Waals surface area contributed by atoms with E-state index < -0.39 is 25.9 Å². The first-order valence-electron chi connectivity index (χ1n) is 8.04. The molecule has 7 heteroatoms. The molecule has 1 aliphatic rings. The van der Waals surface area contributed by atoms with Crippen molar-refractivity contribution in [2.24, 2.45) is 0 Å². The Balaban J connectivity index is 2.01. The van der Waals surface area contributed by atoms with Crippen LogP contribution in [0.4, 0.5) is 0 Å². The molecule has 0 aromatic heterocycles. The third-order valence-electron chi connectivity index (χ3n) is 4.39. The maximum Gasteiger partial charge on any atom is 0.243 e. The second kappa shape index (κ2) is 6.46. The number of rotatable bonds is 5. The maximum atomic E-state index is 13.1. The van der Waals surface area contributed by atoms with Gasteiger partial charge in [0, 0.05) is 12.6 Å². The van der Waals surface area contributed by atoms with Gasteiger partial charge >= 0.3 is 0 Å². The van der Waals surface area contributed by atoms with E-state index in [1.807, 2.05) is 31.2 Å². The molecule has 0 amide bonds. The van der Waals surface area contributed by atoms with Crippen LogP contribution in [0.3, 0.4) is 0 Å². The number of nitrogens with zero attached hydrogens (tertiary/aromatic N) is 1. The average molecular weight is 367 g/mol. The van der Waals surface area contributed by atoms with Gasteiger partial charge in [-0.05, 0) is 35.7 Å². The molecule has 0 radical (unpaired) electrons. The van der Waals surface area contributed by atoms with Gasteiger partial charge in [-0.3, -0.25) is 0 Å². The first-order valence-corrected chi connectivity index (χ1v) is 11.3. The predicted octanol–water partition coefficient (Wildman–Crippen LogP) is 2.43. The molecule has 5 nitrogen and oxygen atoms in total. The van der Waals surface area contributed by atoms with Gasteiger partial charge in [0.1, 0.15) is 0 Å². The van der Waals surface area contributed by atoms with Crippen molar-refractivity contribution >= 4 is 30.6 Å². The van der Waals surface area contributed by atoms with Gasteiger partial charge in [0.2, 0.25) is 10.0 Å². The van der Waals surface area contributed by atoms with E-state index >= 15 is 0 Å². The second-order valence-corrected chi connectivity index (χ2v) is 10.3. The number of benzene rings is 2. The Bertz CT molecular complexity index is 951. The van der Waals surface area contributed by atoms with Gasteiger partial charge in [-0.1, -0.05) is 37.3 Å². The summed E-state index contributed by atoms with van der Waals surface area (Å²) in [4.78, 5) is 0.221. The van der Waals surface area contributed by atoms with Crippen LogP contribution in [0, 0.1) is 0 Å².